The molecule has 1 heterocycles. The summed E-state index contributed by atoms with van der Waals surface area (Å²) in [6.45, 7) is 4.95. The van der Waals surface area contributed by atoms with Crippen molar-refractivity contribution in [3.05, 3.63) is 47.5 Å². The molecule has 0 spiro atoms. The van der Waals surface area contributed by atoms with E-state index in [0.717, 1.165) is 21.3 Å². The molecule has 31 heavy (non-hydrogen) atoms. The lowest BCUT2D eigenvalue weighted by Gasteiger charge is -2.22. The molecule has 0 N–H and O–H groups in total. The minimum atomic E-state index is -3.80. The highest BCUT2D eigenvalue weighted by Gasteiger charge is 2.27. The molecule has 9 heteroatoms. The van der Waals surface area contributed by atoms with Crippen molar-refractivity contribution in [3.63, 3.8) is 0 Å². The Morgan fingerprint density at radius 2 is 1.74 bits per heavy atom. The van der Waals surface area contributed by atoms with E-state index in [1.165, 1.54) is 35.5 Å². The van der Waals surface area contributed by atoms with Crippen LogP contribution in [0.2, 0.25) is 0 Å². The number of aromatic nitrogens is 1. The van der Waals surface area contributed by atoms with Crippen molar-refractivity contribution in [1.29, 1.82) is 0 Å². The lowest BCUT2D eigenvalue weighted by molar-refractivity contribution is -0.116. The summed E-state index contributed by atoms with van der Waals surface area (Å²) in [4.78, 5) is 21.4. The molecule has 3 aromatic rings. The van der Waals surface area contributed by atoms with E-state index in [0.29, 0.717) is 24.0 Å². The van der Waals surface area contributed by atoms with Gasteiger partial charge in [0, 0.05) is 13.1 Å². The Morgan fingerprint density at radius 1 is 1.06 bits per heavy atom. The van der Waals surface area contributed by atoms with Gasteiger partial charge >= 0.3 is 0 Å². The minimum absolute atomic E-state index is 0.0879. The quantitative estimate of drug-likeness (QED) is 0.512. The van der Waals surface area contributed by atoms with Crippen molar-refractivity contribution in [2.75, 3.05) is 44.9 Å². The van der Waals surface area contributed by atoms with Gasteiger partial charge in [0.2, 0.25) is 5.91 Å². The summed E-state index contributed by atoms with van der Waals surface area (Å²) in [6.07, 6.45) is 0. The molecule has 0 atom stereocenters. The SMILES string of the molecule is COc1ccc(S(=O)(=O)CC(=O)N(CCN(C)C)c2nc3c(C)c(C)ccc3s2)cc1. The van der Waals surface area contributed by atoms with Gasteiger partial charge in [-0.3, -0.25) is 9.69 Å². The molecule has 3 rings (SSSR count). The van der Waals surface area contributed by atoms with Crippen molar-refractivity contribution in [2.45, 2.75) is 18.7 Å². The van der Waals surface area contributed by atoms with Gasteiger partial charge in [-0.2, -0.15) is 0 Å². The molecule has 0 radical (unpaired) electrons. The second-order valence-electron chi connectivity index (χ2n) is 7.63. The molecular weight excluding hydrogens is 434 g/mol. The number of nitrogens with zero attached hydrogens (tertiary/aromatic N) is 3. The average molecular weight is 462 g/mol. The second-order valence-corrected chi connectivity index (χ2v) is 10.6. The molecular formula is C22H27N3O4S2. The van der Waals surface area contributed by atoms with Crippen LogP contribution in [-0.4, -0.2) is 64.3 Å². The van der Waals surface area contributed by atoms with Gasteiger partial charge in [0.25, 0.3) is 0 Å². The number of sulfone groups is 1. The van der Waals surface area contributed by atoms with Crippen molar-refractivity contribution < 1.29 is 17.9 Å². The number of methoxy groups -OCH3 is 1. The van der Waals surface area contributed by atoms with Crippen LogP contribution >= 0.6 is 11.3 Å². The number of benzene rings is 2. The average Bonchev–Trinajstić information content (AvgIpc) is 3.15. The first kappa shape index (κ1) is 23.2. The van der Waals surface area contributed by atoms with Crippen molar-refractivity contribution >= 4 is 42.4 Å². The molecule has 1 aromatic heterocycles. The molecule has 0 fully saturated rings. The van der Waals surface area contributed by atoms with E-state index in [1.807, 2.05) is 45.0 Å². The Bertz CT molecular complexity index is 1190. The van der Waals surface area contributed by atoms with E-state index in [4.69, 9.17) is 9.72 Å². The zero-order valence-corrected chi connectivity index (χ0v) is 20.0. The second kappa shape index (κ2) is 9.33. The predicted molar refractivity (Wildman–Crippen MR) is 125 cm³/mol. The highest BCUT2D eigenvalue weighted by molar-refractivity contribution is 7.92. The van der Waals surface area contributed by atoms with Gasteiger partial charge in [-0.05, 0) is 69.4 Å². The molecule has 7 nitrogen and oxygen atoms in total. The first-order chi connectivity index (χ1) is 14.6. The van der Waals surface area contributed by atoms with Crippen LogP contribution in [0.4, 0.5) is 5.13 Å². The van der Waals surface area contributed by atoms with Gasteiger partial charge in [-0.25, -0.2) is 13.4 Å². The third-order valence-electron chi connectivity index (χ3n) is 5.11. The number of thiazole rings is 1. The van der Waals surface area contributed by atoms with Crippen LogP contribution in [0, 0.1) is 13.8 Å². The molecule has 0 saturated carbocycles. The van der Waals surface area contributed by atoms with Crippen LogP contribution in [0.15, 0.2) is 41.3 Å². The van der Waals surface area contributed by atoms with E-state index < -0.39 is 21.5 Å². The van der Waals surface area contributed by atoms with E-state index >= 15 is 0 Å². The van der Waals surface area contributed by atoms with Gasteiger partial charge in [0.1, 0.15) is 11.5 Å². The van der Waals surface area contributed by atoms with E-state index in [1.54, 1.807) is 12.1 Å². The first-order valence-electron chi connectivity index (χ1n) is 9.81. The number of ether oxygens (including phenoxy) is 1. The normalized spacial score (nSPS) is 11.8. The van der Waals surface area contributed by atoms with E-state index in [9.17, 15) is 13.2 Å². The highest BCUT2D eigenvalue weighted by Crippen LogP contribution is 2.32. The fourth-order valence-corrected chi connectivity index (χ4v) is 5.33. The monoisotopic (exact) mass is 461 g/mol. The van der Waals surface area contributed by atoms with Gasteiger partial charge < -0.3 is 9.64 Å². The summed E-state index contributed by atoms with van der Waals surface area (Å²) < 4.78 is 31.8. The summed E-state index contributed by atoms with van der Waals surface area (Å²) in [6, 6.07) is 10.1. The number of anilines is 1. The molecule has 1 amide bonds. The van der Waals surface area contributed by atoms with Gasteiger partial charge in [-0.15, -0.1) is 0 Å². The summed E-state index contributed by atoms with van der Waals surface area (Å²) in [7, 11) is 1.52. The van der Waals surface area contributed by atoms with Crippen molar-refractivity contribution in [3.8, 4) is 5.75 Å². The zero-order chi connectivity index (χ0) is 22.8. The fraction of sp³-hybridized carbons (Fsp3) is 0.364. The Balaban J connectivity index is 1.92. The maximum atomic E-state index is 13.2. The Hall–Kier alpha value is -2.49. The van der Waals surface area contributed by atoms with E-state index in [-0.39, 0.29) is 4.90 Å². The van der Waals surface area contributed by atoms with Crippen molar-refractivity contribution in [2.24, 2.45) is 0 Å². The molecule has 0 aliphatic heterocycles. The van der Waals surface area contributed by atoms with E-state index in [2.05, 4.69) is 0 Å². The van der Waals surface area contributed by atoms with Gasteiger partial charge in [0.15, 0.2) is 15.0 Å². The maximum absolute atomic E-state index is 13.2. The Morgan fingerprint density at radius 3 is 2.35 bits per heavy atom. The van der Waals surface area contributed by atoms with Crippen LogP contribution in [0.1, 0.15) is 11.1 Å². The third-order valence-corrected chi connectivity index (χ3v) is 7.77. The molecule has 0 bridgehead atoms. The lowest BCUT2D eigenvalue weighted by Crippen LogP contribution is -2.40. The number of carbonyl (C=O) groups excluding carboxylic acids is 1. The molecule has 166 valence electrons. The highest BCUT2D eigenvalue weighted by atomic mass is 32.2. The Labute approximate surface area is 187 Å². The third kappa shape index (κ3) is 5.23. The standard InChI is InChI=1S/C22H27N3O4S2/c1-15-6-11-19-21(16(15)2)23-22(30-19)25(13-12-24(3)4)20(26)14-31(27,28)18-9-7-17(29-5)8-10-18/h6-11H,12-14H2,1-5H3. The largest absolute Gasteiger partial charge is 0.497 e. The van der Waals surface area contributed by atoms with Crippen LogP contribution in [0.25, 0.3) is 10.2 Å². The molecule has 0 aliphatic rings. The fourth-order valence-electron chi connectivity index (χ4n) is 3.06. The summed E-state index contributed by atoms with van der Waals surface area (Å²) in [5, 5.41) is 0.514. The number of hydrogen-bond acceptors (Lipinski definition) is 7. The lowest BCUT2D eigenvalue weighted by atomic mass is 10.1. The first-order valence-corrected chi connectivity index (χ1v) is 12.3. The number of aryl methyl sites for hydroxylation is 2. The predicted octanol–water partition coefficient (Wildman–Crippen LogP) is 3.29. The zero-order valence-electron chi connectivity index (χ0n) is 18.4. The minimum Gasteiger partial charge on any atom is -0.497 e. The Kier molecular flexibility index (Phi) is 6.98. The number of rotatable bonds is 8. The van der Waals surface area contributed by atoms with Crippen LogP contribution in [-0.2, 0) is 14.6 Å². The van der Waals surface area contributed by atoms with Crippen LogP contribution in [0.5, 0.6) is 5.75 Å². The molecule has 0 aliphatic carbocycles. The maximum Gasteiger partial charge on any atom is 0.244 e. The van der Waals surface area contributed by atoms with Gasteiger partial charge in [0.05, 0.1) is 22.2 Å². The molecule has 0 unspecified atom stereocenters. The van der Waals surface area contributed by atoms with Crippen molar-refractivity contribution in [1.82, 2.24) is 9.88 Å². The summed E-state index contributed by atoms with van der Waals surface area (Å²) in [5.41, 5.74) is 3.03. The van der Waals surface area contributed by atoms with Crippen LogP contribution in [0.3, 0.4) is 0 Å². The summed E-state index contributed by atoms with van der Waals surface area (Å²) >= 11 is 1.40. The smallest absolute Gasteiger partial charge is 0.244 e. The van der Waals surface area contributed by atoms with Gasteiger partial charge in [-0.1, -0.05) is 17.4 Å². The topological polar surface area (TPSA) is 79.8 Å². The number of likely N-dealkylation sites (N-methyl/N-ethyl adjacent to an activating group) is 1. The number of fused-ring (bicyclic) bond motifs is 1. The summed E-state index contributed by atoms with van der Waals surface area (Å²) in [5.74, 6) is -0.565. The number of carbonyl (C=O) groups is 1. The molecule has 2 aromatic carbocycles. The van der Waals surface area contributed by atoms with Crippen LogP contribution < -0.4 is 9.64 Å². The molecule has 0 saturated heterocycles. The number of amides is 1. The number of hydrogen-bond donors (Lipinski definition) is 0.